The number of ether oxygens (including phenoxy) is 1. The van der Waals surface area contributed by atoms with Crippen LogP contribution in [0.2, 0.25) is 0 Å². The normalized spacial score (nSPS) is 10.4. The van der Waals surface area contributed by atoms with E-state index in [1.807, 2.05) is 41.1 Å². The number of hydrogen-bond donors (Lipinski definition) is 2. The van der Waals surface area contributed by atoms with Gasteiger partial charge in [-0.05, 0) is 42.5 Å². The van der Waals surface area contributed by atoms with Crippen LogP contribution in [0.4, 0.5) is 0 Å². The van der Waals surface area contributed by atoms with Crippen LogP contribution in [0, 0.1) is 6.92 Å². The number of thiazole rings is 1. The summed E-state index contributed by atoms with van der Waals surface area (Å²) in [6, 6.07) is 9.49. The van der Waals surface area contributed by atoms with Gasteiger partial charge in [0, 0.05) is 10.9 Å². The van der Waals surface area contributed by atoms with Crippen LogP contribution < -0.4 is 15.6 Å². The molecule has 2 amide bonds. The molecule has 0 aliphatic carbocycles. The van der Waals surface area contributed by atoms with Crippen molar-refractivity contribution in [2.24, 2.45) is 0 Å². The maximum atomic E-state index is 12.3. The molecule has 6 nitrogen and oxygen atoms in total. The molecule has 0 aliphatic rings. The van der Waals surface area contributed by atoms with Gasteiger partial charge in [-0.2, -0.15) is 11.3 Å². The number of hydrazine groups is 1. The number of thiophene rings is 1. The second-order valence-corrected chi connectivity index (χ2v) is 7.51. The minimum Gasteiger partial charge on any atom is -0.484 e. The third-order valence-electron chi connectivity index (χ3n) is 3.79. The van der Waals surface area contributed by atoms with Crippen molar-refractivity contribution in [2.45, 2.75) is 20.3 Å². The van der Waals surface area contributed by atoms with Gasteiger partial charge >= 0.3 is 0 Å². The van der Waals surface area contributed by atoms with Crippen LogP contribution in [0.3, 0.4) is 0 Å². The first-order valence-electron chi connectivity index (χ1n) is 8.37. The number of aromatic nitrogens is 1. The summed E-state index contributed by atoms with van der Waals surface area (Å²) in [5.41, 5.74) is 7.57. The first-order valence-corrected chi connectivity index (χ1v) is 10.1. The lowest BCUT2D eigenvalue weighted by molar-refractivity contribution is -0.123. The number of nitrogens with one attached hydrogen (secondary N) is 2. The Morgan fingerprint density at radius 3 is 2.59 bits per heavy atom. The van der Waals surface area contributed by atoms with Crippen LogP contribution in [0.15, 0.2) is 41.1 Å². The molecule has 2 N–H and O–H groups in total. The summed E-state index contributed by atoms with van der Waals surface area (Å²) in [6.45, 7) is 3.65. The standard InChI is InChI=1S/C19H19N3O3S2/c1-3-13-4-6-15(7-5-13)25-10-16(23)21-22-18(24)17-12(2)20-19(27-17)14-8-9-26-11-14/h4-9,11H,3,10H2,1-2H3,(H,21,23)(H,22,24). The smallest absolute Gasteiger partial charge is 0.281 e. The fourth-order valence-electron chi connectivity index (χ4n) is 2.31. The summed E-state index contributed by atoms with van der Waals surface area (Å²) in [5, 5.41) is 4.72. The molecule has 0 saturated carbocycles. The molecule has 2 heterocycles. The van der Waals surface area contributed by atoms with Crippen LogP contribution >= 0.6 is 22.7 Å². The summed E-state index contributed by atoms with van der Waals surface area (Å²) in [7, 11) is 0. The van der Waals surface area contributed by atoms with Gasteiger partial charge in [0.25, 0.3) is 11.8 Å². The third-order valence-corrected chi connectivity index (χ3v) is 5.68. The van der Waals surface area contributed by atoms with Crippen molar-refractivity contribution in [3.05, 3.63) is 57.2 Å². The van der Waals surface area contributed by atoms with Gasteiger partial charge in [-0.1, -0.05) is 19.1 Å². The Balaban J connectivity index is 1.50. The Kier molecular flexibility index (Phi) is 6.20. The molecule has 0 radical (unpaired) electrons. The Morgan fingerprint density at radius 2 is 1.93 bits per heavy atom. The van der Waals surface area contributed by atoms with Crippen LogP contribution in [-0.4, -0.2) is 23.4 Å². The zero-order valence-electron chi connectivity index (χ0n) is 14.9. The van der Waals surface area contributed by atoms with E-state index in [9.17, 15) is 9.59 Å². The van der Waals surface area contributed by atoms with Crippen LogP contribution in [0.25, 0.3) is 10.6 Å². The fraction of sp³-hybridized carbons (Fsp3) is 0.211. The quantitative estimate of drug-likeness (QED) is 0.619. The summed E-state index contributed by atoms with van der Waals surface area (Å²) in [4.78, 5) is 29.1. The molecule has 0 unspecified atom stereocenters. The molecular formula is C19H19N3O3S2. The molecule has 3 rings (SSSR count). The number of benzene rings is 1. The summed E-state index contributed by atoms with van der Waals surface area (Å²) < 4.78 is 5.41. The second-order valence-electron chi connectivity index (χ2n) is 5.73. The van der Waals surface area contributed by atoms with Crippen molar-refractivity contribution in [3.63, 3.8) is 0 Å². The van der Waals surface area contributed by atoms with Crippen LogP contribution in [0.5, 0.6) is 5.75 Å². The highest BCUT2D eigenvalue weighted by Gasteiger charge is 2.17. The predicted molar refractivity (Wildman–Crippen MR) is 107 cm³/mol. The first kappa shape index (κ1) is 19.1. The molecule has 3 aromatic rings. The number of carbonyl (C=O) groups is 2. The monoisotopic (exact) mass is 401 g/mol. The van der Waals surface area contributed by atoms with Gasteiger partial charge in [0.1, 0.15) is 15.6 Å². The summed E-state index contributed by atoms with van der Waals surface area (Å²) in [5.74, 6) is -0.234. The SMILES string of the molecule is CCc1ccc(OCC(=O)NNC(=O)c2sc(-c3ccsc3)nc2C)cc1. The zero-order chi connectivity index (χ0) is 19.2. The van der Waals surface area contributed by atoms with Crippen molar-refractivity contribution in [1.29, 1.82) is 0 Å². The third kappa shape index (κ3) is 4.93. The van der Waals surface area contributed by atoms with E-state index in [0.29, 0.717) is 16.3 Å². The van der Waals surface area contributed by atoms with Gasteiger partial charge in [-0.3, -0.25) is 20.4 Å². The molecule has 0 aliphatic heterocycles. The van der Waals surface area contributed by atoms with Crippen molar-refractivity contribution in [3.8, 4) is 16.3 Å². The van der Waals surface area contributed by atoms with Gasteiger partial charge in [-0.25, -0.2) is 4.98 Å². The van der Waals surface area contributed by atoms with E-state index in [0.717, 1.165) is 17.0 Å². The number of aryl methyl sites for hydroxylation is 2. The van der Waals surface area contributed by atoms with Gasteiger partial charge in [0.05, 0.1) is 5.69 Å². The molecular weight excluding hydrogens is 382 g/mol. The Hall–Kier alpha value is -2.71. The molecule has 2 aromatic heterocycles. The molecule has 0 spiro atoms. The van der Waals surface area contributed by atoms with Crippen molar-refractivity contribution in [1.82, 2.24) is 15.8 Å². The average molecular weight is 402 g/mol. The highest BCUT2D eigenvalue weighted by molar-refractivity contribution is 7.17. The number of nitrogens with zero attached hydrogens (tertiary/aromatic N) is 1. The zero-order valence-corrected chi connectivity index (χ0v) is 16.6. The molecule has 27 heavy (non-hydrogen) atoms. The molecule has 0 fully saturated rings. The molecule has 0 atom stereocenters. The fourth-order valence-corrected chi connectivity index (χ4v) is 3.98. The van der Waals surface area contributed by atoms with E-state index >= 15 is 0 Å². The van der Waals surface area contributed by atoms with Crippen molar-refractivity contribution < 1.29 is 14.3 Å². The molecule has 140 valence electrons. The van der Waals surface area contributed by atoms with E-state index in [2.05, 4.69) is 22.8 Å². The van der Waals surface area contributed by atoms with E-state index < -0.39 is 11.8 Å². The Bertz CT molecular complexity index is 918. The summed E-state index contributed by atoms with van der Waals surface area (Å²) in [6.07, 6.45) is 0.942. The van der Waals surface area contributed by atoms with Gasteiger partial charge in [-0.15, -0.1) is 11.3 Å². The van der Waals surface area contributed by atoms with Gasteiger partial charge < -0.3 is 4.74 Å². The highest BCUT2D eigenvalue weighted by Crippen LogP contribution is 2.29. The van der Waals surface area contributed by atoms with Crippen LogP contribution in [-0.2, 0) is 11.2 Å². The topological polar surface area (TPSA) is 80.3 Å². The van der Waals surface area contributed by atoms with Gasteiger partial charge in [0.15, 0.2) is 6.61 Å². The van der Waals surface area contributed by atoms with E-state index in [1.54, 1.807) is 18.3 Å². The Morgan fingerprint density at radius 1 is 1.15 bits per heavy atom. The van der Waals surface area contributed by atoms with Crippen molar-refractivity contribution >= 4 is 34.5 Å². The largest absolute Gasteiger partial charge is 0.484 e. The van der Waals surface area contributed by atoms with Crippen LogP contribution in [0.1, 0.15) is 27.9 Å². The second kappa shape index (κ2) is 8.79. The Labute approximate surface area is 165 Å². The van der Waals surface area contributed by atoms with E-state index in [1.165, 1.54) is 16.9 Å². The predicted octanol–water partition coefficient (Wildman–Crippen LogP) is 3.58. The lowest BCUT2D eigenvalue weighted by Crippen LogP contribution is -2.43. The maximum absolute atomic E-state index is 12.3. The maximum Gasteiger partial charge on any atom is 0.281 e. The van der Waals surface area contributed by atoms with E-state index in [4.69, 9.17) is 4.74 Å². The molecule has 0 saturated heterocycles. The number of rotatable bonds is 6. The van der Waals surface area contributed by atoms with E-state index in [-0.39, 0.29) is 6.61 Å². The molecule has 0 bridgehead atoms. The lowest BCUT2D eigenvalue weighted by atomic mass is 10.2. The average Bonchev–Trinajstić information content (AvgIpc) is 3.34. The highest BCUT2D eigenvalue weighted by atomic mass is 32.1. The lowest BCUT2D eigenvalue weighted by Gasteiger charge is -2.08. The summed E-state index contributed by atoms with van der Waals surface area (Å²) >= 11 is 2.86. The number of amides is 2. The van der Waals surface area contributed by atoms with Crippen molar-refractivity contribution in [2.75, 3.05) is 6.61 Å². The molecule has 1 aromatic carbocycles. The minimum atomic E-state index is -0.442. The first-order chi connectivity index (χ1) is 13.1. The number of carbonyl (C=O) groups excluding carboxylic acids is 2. The number of hydrogen-bond acceptors (Lipinski definition) is 6. The minimum absolute atomic E-state index is 0.187. The molecule has 8 heteroatoms. The van der Waals surface area contributed by atoms with Gasteiger partial charge in [0.2, 0.25) is 0 Å².